The van der Waals surface area contributed by atoms with Crippen LogP contribution in [0.1, 0.15) is 24.8 Å². The van der Waals surface area contributed by atoms with Crippen molar-refractivity contribution in [1.29, 1.82) is 0 Å². The summed E-state index contributed by atoms with van der Waals surface area (Å²) in [4.78, 5) is 11.0. The Hall–Kier alpha value is -2.16. The average molecular weight is 410 g/mol. The van der Waals surface area contributed by atoms with Crippen LogP contribution in [0.3, 0.4) is 0 Å². The summed E-state index contributed by atoms with van der Waals surface area (Å²) >= 11 is 0. The number of allylic oxidation sites excluding steroid dienone is 2. The van der Waals surface area contributed by atoms with Gasteiger partial charge in [-0.2, -0.15) is 8.42 Å². The normalized spacial score (nSPS) is 17.8. The van der Waals surface area contributed by atoms with Gasteiger partial charge in [0.1, 0.15) is 0 Å². The van der Waals surface area contributed by atoms with Crippen molar-refractivity contribution >= 4 is 21.8 Å². The highest BCUT2D eigenvalue weighted by molar-refractivity contribution is 7.86. The molecule has 1 aliphatic rings. The van der Waals surface area contributed by atoms with Gasteiger partial charge in [-0.3, -0.25) is 4.18 Å². The van der Waals surface area contributed by atoms with E-state index in [1.165, 1.54) is 7.11 Å². The van der Waals surface area contributed by atoms with Crippen molar-refractivity contribution < 1.29 is 27.2 Å². The predicted molar refractivity (Wildman–Crippen MR) is 108 cm³/mol. The van der Waals surface area contributed by atoms with Crippen LogP contribution in [0.2, 0.25) is 0 Å². The molecule has 0 spiro atoms. The summed E-state index contributed by atoms with van der Waals surface area (Å²) in [6.45, 7) is 0.762. The number of carboxylic acid groups (broad SMARTS) is 1. The van der Waals surface area contributed by atoms with Crippen LogP contribution in [-0.4, -0.2) is 51.6 Å². The molecule has 28 heavy (non-hydrogen) atoms. The number of methoxy groups -OCH3 is 1. The zero-order valence-electron chi connectivity index (χ0n) is 16.1. The van der Waals surface area contributed by atoms with E-state index in [9.17, 15) is 13.2 Å². The third-order valence-corrected chi connectivity index (χ3v) is 4.90. The zero-order chi connectivity index (χ0) is 20.6. The van der Waals surface area contributed by atoms with E-state index in [4.69, 9.17) is 14.0 Å². The summed E-state index contributed by atoms with van der Waals surface area (Å²) in [5.41, 5.74) is 2.92. The maximum atomic E-state index is 11.2. The van der Waals surface area contributed by atoms with Crippen LogP contribution in [-0.2, 0) is 30.3 Å². The number of carboxylic acids is 1. The van der Waals surface area contributed by atoms with Gasteiger partial charge in [0.05, 0.1) is 12.4 Å². The van der Waals surface area contributed by atoms with Crippen molar-refractivity contribution in [3.63, 3.8) is 0 Å². The summed E-state index contributed by atoms with van der Waals surface area (Å²) in [5.74, 6) is -0.972. The van der Waals surface area contributed by atoms with E-state index in [1.54, 1.807) is 0 Å². The number of hydrogen-bond acceptors (Lipinski definition) is 6. The first-order chi connectivity index (χ1) is 13.3. The van der Waals surface area contributed by atoms with E-state index in [0.717, 1.165) is 42.5 Å². The van der Waals surface area contributed by atoms with Gasteiger partial charge in [-0.15, -0.1) is 0 Å². The van der Waals surface area contributed by atoms with Crippen molar-refractivity contribution in [2.75, 3.05) is 25.2 Å². The molecule has 1 aliphatic carbocycles. The lowest BCUT2D eigenvalue weighted by atomic mass is 10.0. The largest absolute Gasteiger partial charge is 0.479 e. The second kappa shape index (κ2) is 10.4. The van der Waals surface area contributed by atoms with Crippen LogP contribution in [0, 0.1) is 0 Å². The molecule has 0 aliphatic heterocycles. The average Bonchev–Trinajstić information content (AvgIpc) is 2.63. The third kappa shape index (κ3) is 7.84. The van der Waals surface area contributed by atoms with Crippen molar-refractivity contribution in [1.82, 2.24) is 0 Å². The van der Waals surface area contributed by atoms with Gasteiger partial charge in [0.25, 0.3) is 10.1 Å². The lowest BCUT2D eigenvalue weighted by molar-refractivity contribution is -0.148. The molecule has 0 radical (unpaired) electrons. The highest BCUT2D eigenvalue weighted by Gasteiger charge is 2.17. The predicted octanol–water partition coefficient (Wildman–Crippen LogP) is 2.75. The SMILES string of the molecule is CO[C@@H](Cc1ccc(NCCCC2=CC(OS(C)(=O)=O)CC=C2)cc1)C(=O)O. The molecule has 0 saturated carbocycles. The molecule has 0 bridgehead atoms. The maximum Gasteiger partial charge on any atom is 0.333 e. The highest BCUT2D eigenvalue weighted by atomic mass is 32.2. The number of benzene rings is 1. The third-order valence-electron chi connectivity index (χ3n) is 4.31. The number of carbonyl (C=O) groups is 1. The minimum atomic E-state index is -3.46. The summed E-state index contributed by atoms with van der Waals surface area (Å²) in [6, 6.07) is 7.60. The summed E-state index contributed by atoms with van der Waals surface area (Å²) < 4.78 is 32.4. The molecule has 2 atom stereocenters. The minimum Gasteiger partial charge on any atom is -0.479 e. The van der Waals surface area contributed by atoms with Gasteiger partial charge in [0, 0.05) is 25.8 Å². The van der Waals surface area contributed by atoms with Crippen LogP contribution in [0.4, 0.5) is 5.69 Å². The number of ether oxygens (including phenoxy) is 1. The maximum absolute atomic E-state index is 11.2. The zero-order valence-corrected chi connectivity index (χ0v) is 16.9. The van der Waals surface area contributed by atoms with Gasteiger partial charge in [-0.1, -0.05) is 30.4 Å². The molecule has 0 amide bonds. The van der Waals surface area contributed by atoms with Gasteiger partial charge in [0.2, 0.25) is 0 Å². The highest BCUT2D eigenvalue weighted by Crippen LogP contribution is 2.19. The second-order valence-electron chi connectivity index (χ2n) is 6.71. The summed E-state index contributed by atoms with van der Waals surface area (Å²) in [5, 5.41) is 12.4. The molecule has 154 valence electrons. The molecule has 2 N–H and O–H groups in total. The van der Waals surface area contributed by atoms with Crippen LogP contribution in [0.5, 0.6) is 0 Å². The van der Waals surface area contributed by atoms with Gasteiger partial charge in [0.15, 0.2) is 6.10 Å². The van der Waals surface area contributed by atoms with Gasteiger partial charge in [-0.05, 0) is 42.5 Å². The van der Waals surface area contributed by atoms with E-state index in [2.05, 4.69) is 5.32 Å². The molecule has 0 fully saturated rings. The Labute approximate surface area is 166 Å². The monoisotopic (exact) mass is 409 g/mol. The quantitative estimate of drug-likeness (QED) is 0.428. The Bertz CT molecular complexity index is 814. The molecule has 0 heterocycles. The Morgan fingerprint density at radius 1 is 1.32 bits per heavy atom. The van der Waals surface area contributed by atoms with Gasteiger partial charge >= 0.3 is 5.97 Å². The van der Waals surface area contributed by atoms with Gasteiger partial charge < -0.3 is 15.2 Å². The van der Waals surface area contributed by atoms with Gasteiger partial charge in [-0.25, -0.2) is 4.79 Å². The fourth-order valence-corrected chi connectivity index (χ4v) is 3.53. The number of nitrogens with one attached hydrogen (secondary N) is 1. The Morgan fingerprint density at radius 3 is 2.64 bits per heavy atom. The fourth-order valence-electron chi connectivity index (χ4n) is 2.94. The second-order valence-corrected chi connectivity index (χ2v) is 8.31. The first-order valence-electron chi connectivity index (χ1n) is 9.11. The molecule has 8 heteroatoms. The number of aliphatic carboxylic acids is 1. The van der Waals surface area contributed by atoms with E-state index in [0.29, 0.717) is 12.8 Å². The molecule has 1 aromatic carbocycles. The molecule has 1 unspecified atom stereocenters. The first kappa shape index (κ1) is 22.1. The van der Waals surface area contributed by atoms with Crippen LogP contribution >= 0.6 is 0 Å². The molecular weight excluding hydrogens is 382 g/mol. The molecule has 0 aromatic heterocycles. The van der Waals surface area contributed by atoms with Crippen molar-refractivity contribution in [2.45, 2.75) is 37.9 Å². The molecular formula is C20H27NO6S. The topological polar surface area (TPSA) is 102 Å². The molecule has 2 rings (SSSR count). The van der Waals surface area contributed by atoms with Crippen LogP contribution < -0.4 is 5.32 Å². The smallest absolute Gasteiger partial charge is 0.333 e. The number of anilines is 1. The Kier molecular flexibility index (Phi) is 8.22. The Balaban J connectivity index is 1.76. The minimum absolute atomic E-state index is 0.323. The standard InChI is InChI=1S/C20H27NO6S/c1-26-19(20(22)23)14-16-8-10-17(11-9-16)21-12-4-6-15-5-3-7-18(13-15)27-28(2,24)25/h3,5,8-11,13,18-19,21H,4,6-7,12,14H2,1-2H3,(H,22,23)/t18?,19-/m0/s1. The Morgan fingerprint density at radius 2 is 2.04 bits per heavy atom. The number of hydrogen-bond donors (Lipinski definition) is 2. The van der Waals surface area contributed by atoms with Crippen LogP contribution in [0.25, 0.3) is 0 Å². The summed E-state index contributed by atoms with van der Waals surface area (Å²) in [7, 11) is -2.07. The first-order valence-corrected chi connectivity index (χ1v) is 10.9. The van der Waals surface area contributed by atoms with E-state index in [-0.39, 0.29) is 0 Å². The lowest BCUT2D eigenvalue weighted by Gasteiger charge is -2.16. The van der Waals surface area contributed by atoms with Crippen molar-refractivity contribution in [2.24, 2.45) is 0 Å². The fraction of sp³-hybridized carbons (Fsp3) is 0.450. The van der Waals surface area contributed by atoms with E-state index in [1.807, 2.05) is 42.5 Å². The lowest BCUT2D eigenvalue weighted by Crippen LogP contribution is -2.24. The molecule has 7 nitrogen and oxygen atoms in total. The summed E-state index contributed by atoms with van der Waals surface area (Å²) in [6.07, 6.45) is 8.19. The van der Waals surface area contributed by atoms with Crippen molar-refractivity contribution in [3.8, 4) is 0 Å². The molecule has 1 aromatic rings. The molecule has 0 saturated heterocycles. The van der Waals surface area contributed by atoms with Crippen molar-refractivity contribution in [3.05, 3.63) is 53.6 Å². The van der Waals surface area contributed by atoms with E-state index < -0.39 is 28.3 Å². The van der Waals surface area contributed by atoms with E-state index >= 15 is 0 Å². The number of rotatable bonds is 11. The van der Waals surface area contributed by atoms with Crippen LogP contribution in [0.15, 0.2) is 48.1 Å².